The maximum atomic E-state index is 12.9. The highest BCUT2D eigenvalue weighted by Gasteiger charge is 2.65. The van der Waals surface area contributed by atoms with E-state index in [9.17, 15) is 19.5 Å². The smallest absolute Gasteiger partial charge is 0.233 e. The van der Waals surface area contributed by atoms with Crippen molar-refractivity contribution in [1.29, 1.82) is 0 Å². The van der Waals surface area contributed by atoms with Crippen LogP contribution in [0.15, 0.2) is 11.6 Å². The van der Waals surface area contributed by atoms with E-state index in [0.29, 0.717) is 18.6 Å². The number of aliphatic hydroxyl groups excluding tert-OH is 1. The van der Waals surface area contributed by atoms with Gasteiger partial charge in [-0.3, -0.25) is 19.3 Å². The van der Waals surface area contributed by atoms with Gasteiger partial charge < -0.3 is 14.6 Å². The molecule has 5 rings (SSSR count). The molecule has 0 aromatic heterocycles. The van der Waals surface area contributed by atoms with Crippen LogP contribution >= 0.6 is 0 Å². The van der Waals surface area contributed by atoms with Gasteiger partial charge in [-0.25, -0.2) is 0 Å². The minimum absolute atomic E-state index is 0.0976. The van der Waals surface area contributed by atoms with Crippen molar-refractivity contribution in [3.05, 3.63) is 11.6 Å². The van der Waals surface area contributed by atoms with Crippen LogP contribution in [-0.4, -0.2) is 65.2 Å². The summed E-state index contributed by atoms with van der Waals surface area (Å²) in [7, 11) is 0. The molecule has 3 aliphatic heterocycles. The van der Waals surface area contributed by atoms with E-state index in [1.165, 1.54) is 4.90 Å². The summed E-state index contributed by atoms with van der Waals surface area (Å²) >= 11 is 0. The fourth-order valence-corrected chi connectivity index (χ4v) is 4.85. The number of hydrogen-bond donors (Lipinski definition) is 1. The molecule has 0 aromatic rings. The van der Waals surface area contributed by atoms with Gasteiger partial charge in [0, 0.05) is 18.1 Å². The highest BCUT2D eigenvalue weighted by atomic mass is 16.6. The molecule has 5 aliphatic rings. The Hall–Kier alpha value is -1.57. The molecule has 1 N–H and O–H groups in total. The Balaban J connectivity index is 1.45. The number of nitrogens with zero attached hydrogens (tertiary/aromatic N) is 1. The third kappa shape index (κ3) is 1.86. The van der Waals surface area contributed by atoms with Crippen molar-refractivity contribution in [3.8, 4) is 0 Å². The number of allylic oxidation sites excluding steroid dienone is 1. The molecule has 3 saturated heterocycles. The molecule has 3 heterocycles. The Labute approximate surface area is 138 Å². The number of Topliss-reactive ketones (excluding diaryl/α,β-unsaturated/α-hetero) is 1. The number of rotatable bonds is 2. The van der Waals surface area contributed by atoms with E-state index >= 15 is 0 Å². The lowest BCUT2D eigenvalue weighted by atomic mass is 9.66. The van der Waals surface area contributed by atoms with Gasteiger partial charge in [0.15, 0.2) is 5.78 Å². The van der Waals surface area contributed by atoms with Gasteiger partial charge in [-0.1, -0.05) is 6.08 Å². The van der Waals surface area contributed by atoms with Crippen LogP contribution in [-0.2, 0) is 23.9 Å². The van der Waals surface area contributed by atoms with E-state index in [1.54, 1.807) is 6.08 Å². The fourth-order valence-electron chi connectivity index (χ4n) is 4.85. The molecular weight excluding hydrogens is 314 g/mol. The Morgan fingerprint density at radius 1 is 1.21 bits per heavy atom. The van der Waals surface area contributed by atoms with Crippen LogP contribution in [0.4, 0.5) is 0 Å². The topological polar surface area (TPSA) is 96.4 Å². The Bertz CT molecular complexity index is 666. The molecule has 2 aliphatic carbocycles. The second-order valence-electron chi connectivity index (χ2n) is 7.35. The number of hydrogen-bond acceptors (Lipinski definition) is 6. The molecule has 7 heteroatoms. The van der Waals surface area contributed by atoms with E-state index in [4.69, 9.17) is 9.47 Å². The molecule has 0 bridgehead atoms. The van der Waals surface area contributed by atoms with Crippen LogP contribution in [0.25, 0.3) is 0 Å². The van der Waals surface area contributed by atoms with E-state index in [-0.39, 0.29) is 30.2 Å². The minimum atomic E-state index is -0.897. The monoisotopic (exact) mass is 333 g/mol. The molecule has 24 heavy (non-hydrogen) atoms. The molecule has 128 valence electrons. The number of ether oxygens (including phenoxy) is 2. The predicted molar refractivity (Wildman–Crippen MR) is 78.5 cm³/mol. The highest BCUT2D eigenvalue weighted by molar-refractivity contribution is 6.09. The zero-order chi connectivity index (χ0) is 16.6. The Morgan fingerprint density at radius 2 is 2.04 bits per heavy atom. The molecular formula is C17H19NO6. The number of amides is 2. The molecule has 2 amide bonds. The standard InChI is InChI=1S/C17H19NO6/c19-12-8-3-4-9-11(10(8)13(20)15-14(12)24-15)17(22)18(16(9)21)6-7-2-1-5-23-7/h3,7,9-11,13-15,20H,1-2,4-6H2/t7-,9+,10-,11+,13-,14+,15-/m0/s1. The first kappa shape index (κ1) is 14.7. The number of fused-ring (bicyclic) bond motifs is 4. The molecule has 0 radical (unpaired) electrons. The van der Waals surface area contributed by atoms with Crippen LogP contribution < -0.4 is 0 Å². The maximum absolute atomic E-state index is 12.9. The van der Waals surface area contributed by atoms with Gasteiger partial charge in [-0.05, 0) is 19.3 Å². The van der Waals surface area contributed by atoms with E-state index < -0.39 is 36.1 Å². The normalized spacial score (nSPS) is 46.5. The Kier molecular flexibility index (Phi) is 3.05. The van der Waals surface area contributed by atoms with Crippen LogP contribution in [0.1, 0.15) is 19.3 Å². The van der Waals surface area contributed by atoms with Crippen molar-refractivity contribution in [1.82, 2.24) is 4.90 Å². The van der Waals surface area contributed by atoms with Crippen LogP contribution in [0.3, 0.4) is 0 Å². The summed E-state index contributed by atoms with van der Waals surface area (Å²) in [6.07, 6.45) is 1.82. The second-order valence-corrected chi connectivity index (χ2v) is 7.35. The maximum Gasteiger partial charge on any atom is 0.233 e. The van der Waals surface area contributed by atoms with E-state index in [0.717, 1.165) is 12.8 Å². The summed E-state index contributed by atoms with van der Waals surface area (Å²) in [4.78, 5) is 39.3. The van der Waals surface area contributed by atoms with Crippen molar-refractivity contribution < 1.29 is 29.0 Å². The zero-order valence-electron chi connectivity index (χ0n) is 13.1. The molecule has 7 nitrogen and oxygen atoms in total. The lowest BCUT2D eigenvalue weighted by molar-refractivity contribution is -0.142. The van der Waals surface area contributed by atoms with Crippen molar-refractivity contribution in [2.24, 2.45) is 17.8 Å². The van der Waals surface area contributed by atoms with Gasteiger partial charge in [0.2, 0.25) is 11.8 Å². The second kappa shape index (κ2) is 4.97. The summed E-state index contributed by atoms with van der Waals surface area (Å²) in [6.45, 7) is 0.939. The van der Waals surface area contributed by atoms with Crippen molar-refractivity contribution in [3.63, 3.8) is 0 Å². The highest BCUT2D eigenvalue weighted by Crippen LogP contribution is 2.51. The van der Waals surface area contributed by atoms with Gasteiger partial charge in [0.25, 0.3) is 0 Å². The SMILES string of the molecule is O=C1C2=CC[C@H]3C(=O)N(C[C@@H]4CCCO4)C(=O)[C@H]3[C@H]2[C@H](O)[C@@H]2O[C@H]12. The number of ketones is 1. The average Bonchev–Trinajstić information content (AvgIpc) is 3.17. The number of epoxide rings is 1. The van der Waals surface area contributed by atoms with Gasteiger partial charge in [0.1, 0.15) is 12.2 Å². The van der Waals surface area contributed by atoms with Crippen LogP contribution in [0.5, 0.6) is 0 Å². The number of aliphatic hydroxyl groups is 1. The van der Waals surface area contributed by atoms with Crippen LogP contribution in [0.2, 0.25) is 0 Å². The average molecular weight is 333 g/mol. The lowest BCUT2D eigenvalue weighted by Gasteiger charge is -2.35. The third-order valence-corrected chi connectivity index (χ3v) is 6.09. The minimum Gasteiger partial charge on any atom is -0.390 e. The summed E-state index contributed by atoms with van der Waals surface area (Å²) in [5, 5.41) is 10.5. The summed E-state index contributed by atoms with van der Waals surface area (Å²) in [6, 6.07) is 0. The van der Waals surface area contributed by atoms with Gasteiger partial charge in [0.05, 0.1) is 30.6 Å². The summed E-state index contributed by atoms with van der Waals surface area (Å²) in [5.74, 6) is -2.36. The molecule has 1 saturated carbocycles. The molecule has 0 unspecified atom stereocenters. The summed E-state index contributed by atoms with van der Waals surface area (Å²) < 4.78 is 10.8. The fraction of sp³-hybridized carbons (Fsp3) is 0.706. The van der Waals surface area contributed by atoms with Crippen LogP contribution in [0, 0.1) is 17.8 Å². The molecule has 4 fully saturated rings. The Morgan fingerprint density at radius 3 is 2.79 bits per heavy atom. The predicted octanol–water partition coefficient (Wildman–Crippen LogP) is -0.576. The summed E-state index contributed by atoms with van der Waals surface area (Å²) in [5.41, 5.74) is 0.475. The van der Waals surface area contributed by atoms with Gasteiger partial charge >= 0.3 is 0 Å². The van der Waals surface area contributed by atoms with Gasteiger partial charge in [-0.15, -0.1) is 0 Å². The number of imide groups is 1. The number of carbonyl (C=O) groups is 3. The van der Waals surface area contributed by atoms with E-state index in [1.807, 2.05) is 0 Å². The lowest BCUT2D eigenvalue weighted by Crippen LogP contribution is -2.47. The largest absolute Gasteiger partial charge is 0.390 e. The first-order valence-corrected chi connectivity index (χ1v) is 8.62. The first-order chi connectivity index (χ1) is 11.6. The molecule has 0 aromatic carbocycles. The van der Waals surface area contributed by atoms with Gasteiger partial charge in [-0.2, -0.15) is 0 Å². The zero-order valence-corrected chi connectivity index (χ0v) is 13.1. The van der Waals surface area contributed by atoms with Crippen molar-refractivity contribution in [2.45, 2.75) is 43.7 Å². The first-order valence-electron chi connectivity index (χ1n) is 8.62. The molecule has 0 spiro atoms. The van der Waals surface area contributed by atoms with E-state index in [2.05, 4.69) is 0 Å². The van der Waals surface area contributed by atoms with Crippen molar-refractivity contribution in [2.75, 3.05) is 13.2 Å². The number of likely N-dealkylation sites (tertiary alicyclic amines) is 1. The third-order valence-electron chi connectivity index (χ3n) is 6.09. The van der Waals surface area contributed by atoms with Crippen molar-refractivity contribution >= 4 is 17.6 Å². The quantitative estimate of drug-likeness (QED) is 0.537. The number of carbonyl (C=O) groups excluding carboxylic acids is 3. The molecule has 7 atom stereocenters.